The molecule has 0 aliphatic carbocycles. The Labute approximate surface area is 88.1 Å². The van der Waals surface area contributed by atoms with E-state index in [-0.39, 0.29) is 5.56 Å². The van der Waals surface area contributed by atoms with Gasteiger partial charge in [-0.05, 0) is 25.0 Å². The number of ether oxygens (including phenoxy) is 1. The summed E-state index contributed by atoms with van der Waals surface area (Å²) in [5.74, 6) is -0.846. The van der Waals surface area contributed by atoms with E-state index in [9.17, 15) is 9.90 Å². The van der Waals surface area contributed by atoms with Gasteiger partial charge in [0, 0.05) is 5.56 Å². The third-order valence-electron chi connectivity index (χ3n) is 2.44. The molecule has 0 saturated carbocycles. The van der Waals surface area contributed by atoms with Crippen LogP contribution in [0.2, 0.25) is 0 Å². The van der Waals surface area contributed by atoms with E-state index in [4.69, 9.17) is 9.84 Å². The van der Waals surface area contributed by atoms with E-state index < -0.39 is 12.1 Å². The Hall–Kier alpha value is -1.55. The van der Waals surface area contributed by atoms with Gasteiger partial charge in [-0.3, -0.25) is 0 Å². The molecule has 4 heteroatoms. The van der Waals surface area contributed by atoms with E-state index in [2.05, 4.69) is 0 Å². The summed E-state index contributed by atoms with van der Waals surface area (Å²) in [6.07, 6.45) is -1.54. The molecule has 1 rings (SSSR count). The number of aryl methyl sites for hydroxylation is 1. The molecule has 82 valence electrons. The van der Waals surface area contributed by atoms with E-state index in [1.807, 2.05) is 13.8 Å². The van der Waals surface area contributed by atoms with E-state index >= 15 is 0 Å². The number of rotatable bonds is 3. The molecule has 1 aromatic carbocycles. The van der Waals surface area contributed by atoms with Gasteiger partial charge < -0.3 is 14.9 Å². The maximum atomic E-state index is 10.7. The van der Waals surface area contributed by atoms with Crippen LogP contribution in [0.5, 0.6) is 5.75 Å². The van der Waals surface area contributed by atoms with Crippen LogP contribution in [0.15, 0.2) is 12.1 Å². The molecular weight excluding hydrogens is 196 g/mol. The Morgan fingerprint density at radius 1 is 1.40 bits per heavy atom. The molecule has 0 aromatic heterocycles. The minimum Gasteiger partial charge on any atom is -0.496 e. The predicted octanol–water partition coefficient (Wildman–Crippen LogP) is 1.43. The van der Waals surface area contributed by atoms with Crippen LogP contribution in [0.4, 0.5) is 0 Å². The molecule has 0 aliphatic heterocycles. The number of aliphatic carboxylic acids is 1. The molecule has 1 unspecified atom stereocenters. The van der Waals surface area contributed by atoms with Gasteiger partial charge in [0.25, 0.3) is 0 Å². The second kappa shape index (κ2) is 4.31. The van der Waals surface area contributed by atoms with Gasteiger partial charge >= 0.3 is 5.97 Å². The zero-order valence-corrected chi connectivity index (χ0v) is 8.94. The first-order valence-electron chi connectivity index (χ1n) is 4.54. The van der Waals surface area contributed by atoms with Gasteiger partial charge in [-0.2, -0.15) is 0 Å². The molecule has 0 heterocycles. The highest BCUT2D eigenvalue weighted by atomic mass is 16.5. The number of carboxylic acids is 1. The average molecular weight is 210 g/mol. The van der Waals surface area contributed by atoms with E-state index in [0.29, 0.717) is 5.75 Å². The van der Waals surface area contributed by atoms with Crippen molar-refractivity contribution in [3.63, 3.8) is 0 Å². The molecule has 0 bridgehead atoms. The molecule has 1 aromatic rings. The fourth-order valence-corrected chi connectivity index (χ4v) is 1.43. The largest absolute Gasteiger partial charge is 0.496 e. The Balaban J connectivity index is 3.30. The van der Waals surface area contributed by atoms with Gasteiger partial charge in [0.05, 0.1) is 7.11 Å². The number of carbonyl (C=O) groups is 1. The number of carboxylic acid groups (broad SMARTS) is 1. The normalized spacial score (nSPS) is 12.3. The minimum absolute atomic E-state index is 0.285. The number of aliphatic hydroxyl groups excluding tert-OH is 1. The van der Waals surface area contributed by atoms with Gasteiger partial charge in [0.1, 0.15) is 5.75 Å². The van der Waals surface area contributed by atoms with Crippen molar-refractivity contribution in [2.75, 3.05) is 7.11 Å². The van der Waals surface area contributed by atoms with Crippen molar-refractivity contribution in [2.45, 2.75) is 20.0 Å². The summed E-state index contributed by atoms with van der Waals surface area (Å²) in [6.45, 7) is 3.72. The zero-order valence-electron chi connectivity index (χ0n) is 8.94. The quantitative estimate of drug-likeness (QED) is 0.792. The molecule has 0 radical (unpaired) electrons. The van der Waals surface area contributed by atoms with Gasteiger partial charge in [-0.1, -0.05) is 12.1 Å². The summed E-state index contributed by atoms with van der Waals surface area (Å²) in [5, 5.41) is 18.2. The minimum atomic E-state index is -1.54. The highest BCUT2D eigenvalue weighted by Gasteiger charge is 2.21. The Morgan fingerprint density at radius 2 is 2.00 bits per heavy atom. The van der Waals surface area contributed by atoms with Crippen LogP contribution in [0.25, 0.3) is 0 Å². The van der Waals surface area contributed by atoms with Crippen LogP contribution in [-0.4, -0.2) is 23.3 Å². The molecule has 1 atom stereocenters. The summed E-state index contributed by atoms with van der Waals surface area (Å²) in [5.41, 5.74) is 2.12. The standard InChI is InChI=1S/C11H14O4/c1-6-4-5-8(9(12)11(13)14)10(15-3)7(6)2/h4-5,9,12H,1-3H3,(H,13,14). The van der Waals surface area contributed by atoms with Gasteiger partial charge in [0.2, 0.25) is 0 Å². The van der Waals surface area contributed by atoms with Crippen molar-refractivity contribution in [1.29, 1.82) is 0 Å². The highest BCUT2D eigenvalue weighted by molar-refractivity contribution is 5.75. The van der Waals surface area contributed by atoms with Gasteiger partial charge in [0.15, 0.2) is 6.10 Å². The summed E-state index contributed by atoms with van der Waals surface area (Å²) >= 11 is 0. The topological polar surface area (TPSA) is 66.8 Å². The van der Waals surface area contributed by atoms with Crippen LogP contribution in [0.1, 0.15) is 22.8 Å². The molecule has 4 nitrogen and oxygen atoms in total. The Morgan fingerprint density at radius 3 is 2.47 bits per heavy atom. The first-order chi connectivity index (χ1) is 6.99. The van der Waals surface area contributed by atoms with Crippen molar-refractivity contribution in [3.8, 4) is 5.75 Å². The lowest BCUT2D eigenvalue weighted by Crippen LogP contribution is -2.12. The number of aliphatic hydroxyl groups is 1. The molecule has 0 spiro atoms. The monoisotopic (exact) mass is 210 g/mol. The van der Waals surface area contributed by atoms with E-state index in [1.54, 1.807) is 12.1 Å². The fraction of sp³-hybridized carbons (Fsp3) is 0.364. The second-order valence-electron chi connectivity index (χ2n) is 3.37. The lowest BCUT2D eigenvalue weighted by Gasteiger charge is -2.15. The van der Waals surface area contributed by atoms with Crippen LogP contribution in [0, 0.1) is 13.8 Å². The first-order valence-corrected chi connectivity index (χ1v) is 4.54. The van der Waals surface area contributed by atoms with Gasteiger partial charge in [-0.25, -0.2) is 4.79 Å². The van der Waals surface area contributed by atoms with Crippen molar-refractivity contribution < 1.29 is 19.7 Å². The molecular formula is C11H14O4. The lowest BCUT2D eigenvalue weighted by molar-refractivity contribution is -0.147. The summed E-state index contributed by atoms with van der Waals surface area (Å²) in [4.78, 5) is 10.7. The summed E-state index contributed by atoms with van der Waals surface area (Å²) < 4.78 is 5.10. The van der Waals surface area contributed by atoms with Crippen molar-refractivity contribution in [1.82, 2.24) is 0 Å². The van der Waals surface area contributed by atoms with Crippen LogP contribution in [-0.2, 0) is 4.79 Å². The number of methoxy groups -OCH3 is 1. The summed E-state index contributed by atoms with van der Waals surface area (Å²) in [6, 6.07) is 3.33. The third-order valence-corrected chi connectivity index (χ3v) is 2.44. The molecule has 2 N–H and O–H groups in total. The van der Waals surface area contributed by atoms with E-state index in [0.717, 1.165) is 11.1 Å². The number of hydrogen-bond donors (Lipinski definition) is 2. The maximum absolute atomic E-state index is 10.7. The molecule has 15 heavy (non-hydrogen) atoms. The van der Waals surface area contributed by atoms with Crippen LogP contribution in [0.3, 0.4) is 0 Å². The molecule has 0 saturated heterocycles. The average Bonchev–Trinajstić information content (AvgIpc) is 2.20. The van der Waals surface area contributed by atoms with E-state index in [1.165, 1.54) is 7.11 Å². The SMILES string of the molecule is COc1c(C(O)C(=O)O)ccc(C)c1C. The number of benzene rings is 1. The Kier molecular flexibility index (Phi) is 3.31. The highest BCUT2D eigenvalue weighted by Crippen LogP contribution is 2.30. The molecule has 0 amide bonds. The maximum Gasteiger partial charge on any atom is 0.337 e. The summed E-state index contributed by atoms with van der Waals surface area (Å²) in [7, 11) is 1.46. The lowest BCUT2D eigenvalue weighted by atomic mass is 10.0. The van der Waals surface area contributed by atoms with Gasteiger partial charge in [-0.15, -0.1) is 0 Å². The van der Waals surface area contributed by atoms with Crippen LogP contribution < -0.4 is 4.74 Å². The third kappa shape index (κ3) is 2.10. The molecule has 0 fully saturated rings. The zero-order chi connectivity index (χ0) is 11.6. The predicted molar refractivity (Wildman–Crippen MR) is 55.1 cm³/mol. The Bertz CT molecular complexity index is 384. The van der Waals surface area contributed by atoms with Crippen molar-refractivity contribution >= 4 is 5.97 Å². The second-order valence-corrected chi connectivity index (χ2v) is 3.37. The smallest absolute Gasteiger partial charge is 0.337 e. The van der Waals surface area contributed by atoms with Crippen molar-refractivity contribution in [3.05, 3.63) is 28.8 Å². The first kappa shape index (κ1) is 11.5. The van der Waals surface area contributed by atoms with Crippen LogP contribution >= 0.6 is 0 Å². The fourth-order valence-electron chi connectivity index (χ4n) is 1.43. The number of hydrogen-bond acceptors (Lipinski definition) is 3. The van der Waals surface area contributed by atoms with Crippen molar-refractivity contribution in [2.24, 2.45) is 0 Å². The molecule has 0 aliphatic rings.